The summed E-state index contributed by atoms with van der Waals surface area (Å²) in [6, 6.07) is 24.1. The Balaban J connectivity index is 1.67. The Morgan fingerprint density at radius 3 is 2.21 bits per heavy atom. The molecule has 1 N–H and O–H groups in total. The average Bonchev–Trinajstić information content (AvgIpc) is 3.00. The summed E-state index contributed by atoms with van der Waals surface area (Å²) in [6.07, 6.45) is -0.503. The van der Waals surface area contributed by atoms with Gasteiger partial charge in [0.15, 0.2) is 0 Å². The molecule has 4 rings (SSSR count). The fourth-order valence-corrected chi connectivity index (χ4v) is 8.27. The second-order valence-electron chi connectivity index (χ2n) is 12.1. The second-order valence-corrected chi connectivity index (χ2v) is 14.0. The first kappa shape index (κ1) is 35.6. The first-order valence-corrected chi connectivity index (χ1v) is 17.3. The van der Waals surface area contributed by atoms with Gasteiger partial charge >= 0.3 is 13.6 Å². The number of benzene rings is 3. The van der Waals surface area contributed by atoms with Gasteiger partial charge in [-0.2, -0.15) is 0 Å². The topological polar surface area (TPSA) is 120 Å². The molecule has 11 heteroatoms. The van der Waals surface area contributed by atoms with Crippen molar-refractivity contribution >= 4 is 24.9 Å². The van der Waals surface area contributed by atoms with Crippen LogP contribution in [0.5, 0.6) is 0 Å². The molecule has 0 aliphatic carbocycles. The van der Waals surface area contributed by atoms with Crippen LogP contribution in [-0.2, 0) is 36.1 Å². The molecule has 47 heavy (non-hydrogen) atoms. The zero-order valence-corrected chi connectivity index (χ0v) is 29.0. The number of hydrogen-bond donors (Lipinski definition) is 1. The number of dihydropyridines is 1. The molecular formula is C36H44N3O7P. The van der Waals surface area contributed by atoms with Gasteiger partial charge < -0.3 is 24.0 Å². The van der Waals surface area contributed by atoms with E-state index >= 15 is 0 Å². The summed E-state index contributed by atoms with van der Waals surface area (Å²) in [5, 5.41) is 15.2. The van der Waals surface area contributed by atoms with Crippen LogP contribution in [-0.4, -0.2) is 36.8 Å². The summed E-state index contributed by atoms with van der Waals surface area (Å²) in [7, 11) is -2.02. The standard InChI is InChI=1S/C36H44N3O7P/c1-24(2)45-47(43,46-25(3)4)35-27(6)37-26(5)33(34(35)30-17-13-18-31(22-30)39(41)42)36(40)44-21-20-29-16-11-12-19-32(29)38(7)23-28-14-9-8-10-15-28/h8-19,22,24-25,34,37H,20-21,23H2,1-7H3. The summed E-state index contributed by atoms with van der Waals surface area (Å²) in [6.45, 7) is 11.2. The Kier molecular flexibility index (Phi) is 11.8. The largest absolute Gasteiger partial charge is 0.462 e. The molecule has 1 aliphatic heterocycles. The molecule has 1 aliphatic rings. The van der Waals surface area contributed by atoms with Crippen LogP contribution in [0, 0.1) is 10.1 Å². The molecule has 3 aromatic carbocycles. The van der Waals surface area contributed by atoms with E-state index in [0.717, 1.165) is 11.3 Å². The van der Waals surface area contributed by atoms with Gasteiger partial charge in [-0.3, -0.25) is 14.7 Å². The number of carbonyl (C=O) groups is 1. The lowest BCUT2D eigenvalue weighted by Crippen LogP contribution is -2.30. The van der Waals surface area contributed by atoms with E-state index in [1.807, 2.05) is 49.5 Å². The molecule has 0 saturated carbocycles. The number of esters is 1. The normalized spacial score (nSPS) is 15.2. The van der Waals surface area contributed by atoms with Crippen molar-refractivity contribution in [2.45, 2.75) is 72.6 Å². The van der Waals surface area contributed by atoms with Crippen LogP contribution >= 0.6 is 7.60 Å². The zero-order valence-electron chi connectivity index (χ0n) is 28.1. The van der Waals surface area contributed by atoms with Gasteiger partial charge in [0.05, 0.1) is 40.5 Å². The SMILES string of the molecule is CC1=C(C(=O)OCCc2ccccc2N(C)Cc2ccccc2)C(c2cccc([N+](=O)[O-])c2)C(P(=O)(OC(C)C)OC(C)C)=C(C)N1. The van der Waals surface area contributed by atoms with E-state index in [2.05, 4.69) is 22.3 Å². The van der Waals surface area contributed by atoms with Crippen LogP contribution in [0.15, 0.2) is 101 Å². The molecular weight excluding hydrogens is 617 g/mol. The predicted octanol–water partition coefficient (Wildman–Crippen LogP) is 8.25. The molecule has 0 saturated heterocycles. The van der Waals surface area contributed by atoms with E-state index in [0.29, 0.717) is 29.9 Å². The number of nitro groups is 1. The smallest absolute Gasteiger partial charge is 0.360 e. The van der Waals surface area contributed by atoms with Crippen molar-refractivity contribution in [2.24, 2.45) is 0 Å². The van der Waals surface area contributed by atoms with E-state index < -0.39 is 36.6 Å². The van der Waals surface area contributed by atoms with Crippen LogP contribution in [0.4, 0.5) is 11.4 Å². The highest BCUT2D eigenvalue weighted by atomic mass is 31.2. The highest BCUT2D eigenvalue weighted by Crippen LogP contribution is 2.65. The maximum absolute atomic E-state index is 14.7. The van der Waals surface area contributed by atoms with Crippen molar-refractivity contribution in [3.8, 4) is 0 Å². The van der Waals surface area contributed by atoms with E-state index in [-0.39, 0.29) is 23.2 Å². The average molecular weight is 662 g/mol. The van der Waals surface area contributed by atoms with Gasteiger partial charge in [-0.1, -0.05) is 60.7 Å². The Labute approximate surface area is 277 Å². The van der Waals surface area contributed by atoms with Gasteiger partial charge in [-0.05, 0) is 64.3 Å². The highest BCUT2D eigenvalue weighted by Gasteiger charge is 2.46. The Hall–Kier alpha value is -4.24. The number of nitro benzene ring substituents is 1. The number of anilines is 1. The third-order valence-corrected chi connectivity index (χ3v) is 10.2. The van der Waals surface area contributed by atoms with Gasteiger partial charge in [-0.25, -0.2) is 4.79 Å². The molecule has 0 fully saturated rings. The summed E-state index contributed by atoms with van der Waals surface area (Å²) < 4.78 is 32.5. The van der Waals surface area contributed by atoms with Crippen molar-refractivity contribution < 1.29 is 28.1 Å². The molecule has 250 valence electrons. The highest BCUT2D eigenvalue weighted by molar-refractivity contribution is 7.58. The molecule has 3 aromatic rings. The number of carbonyl (C=O) groups excluding carboxylic acids is 1. The molecule has 1 heterocycles. The lowest BCUT2D eigenvalue weighted by atomic mass is 9.86. The Bertz CT molecular complexity index is 1690. The molecule has 0 aromatic heterocycles. The number of ether oxygens (including phenoxy) is 1. The van der Waals surface area contributed by atoms with Crippen molar-refractivity contribution in [1.82, 2.24) is 5.32 Å². The van der Waals surface area contributed by atoms with Crippen LogP contribution in [0.25, 0.3) is 0 Å². The van der Waals surface area contributed by atoms with Crippen LogP contribution in [0.2, 0.25) is 0 Å². The molecule has 0 amide bonds. The zero-order chi connectivity index (χ0) is 34.3. The number of nitrogens with zero attached hydrogens (tertiary/aromatic N) is 2. The lowest BCUT2D eigenvalue weighted by molar-refractivity contribution is -0.384. The van der Waals surface area contributed by atoms with Crippen molar-refractivity contribution in [1.29, 1.82) is 0 Å². The Morgan fingerprint density at radius 1 is 0.936 bits per heavy atom. The van der Waals surface area contributed by atoms with Gasteiger partial charge in [0, 0.05) is 49.2 Å². The molecule has 0 radical (unpaired) electrons. The summed E-state index contributed by atoms with van der Waals surface area (Å²) in [5.41, 5.74) is 4.59. The van der Waals surface area contributed by atoms with Crippen molar-refractivity contribution in [2.75, 3.05) is 18.6 Å². The third-order valence-electron chi connectivity index (χ3n) is 7.62. The van der Waals surface area contributed by atoms with Crippen LogP contribution in [0.1, 0.15) is 64.2 Å². The molecule has 0 bridgehead atoms. The quantitative estimate of drug-likeness (QED) is 0.0788. The van der Waals surface area contributed by atoms with Crippen molar-refractivity contribution in [3.63, 3.8) is 0 Å². The minimum Gasteiger partial charge on any atom is -0.462 e. The lowest BCUT2D eigenvalue weighted by Gasteiger charge is -2.35. The maximum Gasteiger partial charge on any atom is 0.360 e. The first-order chi connectivity index (χ1) is 22.3. The predicted molar refractivity (Wildman–Crippen MR) is 184 cm³/mol. The molecule has 1 unspecified atom stereocenters. The fraction of sp³-hybridized carbons (Fsp3) is 0.361. The monoisotopic (exact) mass is 661 g/mol. The van der Waals surface area contributed by atoms with Crippen LogP contribution in [0.3, 0.4) is 0 Å². The Morgan fingerprint density at radius 2 is 1.57 bits per heavy atom. The minimum atomic E-state index is -4.05. The van der Waals surface area contributed by atoms with E-state index in [9.17, 15) is 19.5 Å². The summed E-state index contributed by atoms with van der Waals surface area (Å²) in [5.74, 6) is -1.62. The van der Waals surface area contributed by atoms with Gasteiger partial charge in [-0.15, -0.1) is 0 Å². The number of nitrogens with one attached hydrogen (secondary N) is 1. The first-order valence-electron chi connectivity index (χ1n) is 15.7. The minimum absolute atomic E-state index is 0.0775. The fourth-order valence-electron chi connectivity index (χ4n) is 5.82. The van der Waals surface area contributed by atoms with E-state index in [1.54, 1.807) is 53.7 Å². The number of non-ortho nitro benzene ring substituents is 1. The number of hydrogen-bond acceptors (Lipinski definition) is 9. The summed E-state index contributed by atoms with van der Waals surface area (Å²) in [4.78, 5) is 27.5. The number of rotatable bonds is 14. The number of allylic oxidation sites excluding steroid dienone is 3. The third kappa shape index (κ3) is 8.77. The van der Waals surface area contributed by atoms with Gasteiger partial charge in [0.25, 0.3) is 5.69 Å². The van der Waals surface area contributed by atoms with Gasteiger partial charge in [0.2, 0.25) is 0 Å². The van der Waals surface area contributed by atoms with Crippen LogP contribution < -0.4 is 10.2 Å². The van der Waals surface area contributed by atoms with E-state index in [1.165, 1.54) is 17.7 Å². The number of para-hydroxylation sites is 1. The maximum atomic E-state index is 14.7. The molecule has 10 nitrogen and oxygen atoms in total. The summed E-state index contributed by atoms with van der Waals surface area (Å²) >= 11 is 0. The van der Waals surface area contributed by atoms with Gasteiger partial charge in [0.1, 0.15) is 0 Å². The molecule has 1 atom stereocenters. The second kappa shape index (κ2) is 15.6. The van der Waals surface area contributed by atoms with E-state index in [4.69, 9.17) is 13.8 Å². The molecule has 0 spiro atoms. The van der Waals surface area contributed by atoms with Crippen molar-refractivity contribution in [3.05, 3.63) is 128 Å².